The van der Waals surface area contributed by atoms with Crippen LogP contribution in [0.1, 0.15) is 19.3 Å². The van der Waals surface area contributed by atoms with Gasteiger partial charge in [-0.15, -0.1) is 0 Å². The molecule has 0 aliphatic heterocycles. The highest BCUT2D eigenvalue weighted by Gasteiger charge is 2.27. The van der Waals surface area contributed by atoms with Gasteiger partial charge in [0, 0.05) is 5.57 Å². The zero-order valence-corrected chi connectivity index (χ0v) is 7.30. The van der Waals surface area contributed by atoms with Crippen LogP contribution in [0.5, 0.6) is 0 Å². The van der Waals surface area contributed by atoms with E-state index in [1.54, 1.807) is 6.08 Å². The summed E-state index contributed by atoms with van der Waals surface area (Å²) in [5, 5.41) is 16.2. The second-order valence-corrected chi connectivity index (χ2v) is 3.00. The number of carbonyl (C=O) groups excluding carboxylic acids is 2. The average molecular weight is 202 g/mol. The highest BCUT2D eigenvalue weighted by atomic mass is 17.1. The standard InChI is InChI=1S/C8H10O6/c9-7(13-11)5-2-1-3-6(4-5)8(10)14-12/h2,6,11-12H,1,3-4H2. The van der Waals surface area contributed by atoms with Crippen molar-refractivity contribution in [3.63, 3.8) is 0 Å². The lowest BCUT2D eigenvalue weighted by Gasteiger charge is -2.17. The molecule has 6 heteroatoms. The summed E-state index contributed by atoms with van der Waals surface area (Å²) in [6.07, 6.45) is 2.70. The van der Waals surface area contributed by atoms with Crippen molar-refractivity contribution < 1.29 is 29.9 Å². The monoisotopic (exact) mass is 202 g/mol. The molecule has 1 aliphatic rings. The summed E-state index contributed by atoms with van der Waals surface area (Å²) in [4.78, 5) is 28.9. The molecule has 0 amide bonds. The maximum Gasteiger partial charge on any atom is 0.368 e. The van der Waals surface area contributed by atoms with Crippen molar-refractivity contribution in [3.8, 4) is 0 Å². The van der Waals surface area contributed by atoms with Gasteiger partial charge in [0.05, 0.1) is 5.92 Å². The van der Waals surface area contributed by atoms with E-state index in [2.05, 4.69) is 9.78 Å². The summed E-state index contributed by atoms with van der Waals surface area (Å²) >= 11 is 0. The summed E-state index contributed by atoms with van der Waals surface area (Å²) in [7, 11) is 0. The predicted octanol–water partition coefficient (Wildman–Crippen LogP) is 0.745. The topological polar surface area (TPSA) is 93.1 Å². The first-order chi connectivity index (χ1) is 6.69. The lowest BCUT2D eigenvalue weighted by Crippen LogP contribution is -2.22. The maximum atomic E-state index is 10.9. The molecule has 0 spiro atoms. The largest absolute Gasteiger partial charge is 0.368 e. The first kappa shape index (κ1) is 10.7. The van der Waals surface area contributed by atoms with E-state index in [-0.39, 0.29) is 12.0 Å². The van der Waals surface area contributed by atoms with Crippen LogP contribution in [0.2, 0.25) is 0 Å². The first-order valence-corrected chi connectivity index (χ1v) is 4.09. The minimum atomic E-state index is -0.875. The molecule has 78 valence electrons. The van der Waals surface area contributed by atoms with Crippen molar-refractivity contribution in [2.75, 3.05) is 0 Å². The smallest absolute Gasteiger partial charge is 0.301 e. The molecule has 0 saturated heterocycles. The Morgan fingerprint density at radius 3 is 2.64 bits per heavy atom. The van der Waals surface area contributed by atoms with Crippen LogP contribution in [0, 0.1) is 5.92 Å². The number of rotatable bonds is 2. The second-order valence-electron chi connectivity index (χ2n) is 3.00. The van der Waals surface area contributed by atoms with Gasteiger partial charge in [0.2, 0.25) is 0 Å². The molecule has 1 rings (SSSR count). The van der Waals surface area contributed by atoms with E-state index in [0.717, 1.165) is 0 Å². The minimum Gasteiger partial charge on any atom is -0.301 e. The molecule has 0 aromatic heterocycles. The van der Waals surface area contributed by atoms with E-state index >= 15 is 0 Å². The summed E-state index contributed by atoms with van der Waals surface area (Å²) in [5.41, 5.74) is 0.217. The van der Waals surface area contributed by atoms with Crippen molar-refractivity contribution in [3.05, 3.63) is 11.6 Å². The van der Waals surface area contributed by atoms with Crippen LogP contribution in [-0.2, 0) is 19.4 Å². The van der Waals surface area contributed by atoms with Crippen LogP contribution in [0.15, 0.2) is 11.6 Å². The normalized spacial score (nSPS) is 21.0. The van der Waals surface area contributed by atoms with Crippen molar-refractivity contribution >= 4 is 11.9 Å². The molecule has 0 saturated carbocycles. The second kappa shape index (κ2) is 4.73. The van der Waals surface area contributed by atoms with Gasteiger partial charge in [-0.25, -0.2) is 9.59 Å². The SMILES string of the molecule is O=C(OO)C1=CCCC(C(=O)OO)C1. The van der Waals surface area contributed by atoms with Crippen LogP contribution in [0.4, 0.5) is 0 Å². The Kier molecular flexibility index (Phi) is 3.61. The van der Waals surface area contributed by atoms with Crippen molar-refractivity contribution in [2.24, 2.45) is 5.92 Å². The Bertz CT molecular complexity index is 269. The third kappa shape index (κ3) is 2.30. The molecular weight excluding hydrogens is 192 g/mol. The van der Waals surface area contributed by atoms with E-state index in [4.69, 9.17) is 10.5 Å². The van der Waals surface area contributed by atoms with Crippen LogP contribution >= 0.6 is 0 Å². The zero-order valence-electron chi connectivity index (χ0n) is 7.30. The maximum absolute atomic E-state index is 10.9. The van der Waals surface area contributed by atoms with Crippen LogP contribution < -0.4 is 0 Å². The van der Waals surface area contributed by atoms with Gasteiger partial charge in [0.25, 0.3) is 0 Å². The number of allylic oxidation sites excluding steroid dienone is 1. The number of hydrogen-bond donors (Lipinski definition) is 2. The fourth-order valence-electron chi connectivity index (χ4n) is 1.41. The molecule has 0 radical (unpaired) electrons. The number of hydrogen-bond acceptors (Lipinski definition) is 6. The van der Waals surface area contributed by atoms with E-state index < -0.39 is 17.9 Å². The molecule has 1 aliphatic carbocycles. The van der Waals surface area contributed by atoms with Gasteiger partial charge in [0.15, 0.2) is 0 Å². The van der Waals surface area contributed by atoms with Crippen LogP contribution in [0.3, 0.4) is 0 Å². The minimum absolute atomic E-state index is 0.110. The summed E-state index contributed by atoms with van der Waals surface area (Å²) in [6, 6.07) is 0. The van der Waals surface area contributed by atoms with E-state index in [0.29, 0.717) is 12.8 Å². The van der Waals surface area contributed by atoms with Crippen molar-refractivity contribution in [1.29, 1.82) is 0 Å². The molecular formula is C8H10O6. The molecule has 6 nitrogen and oxygen atoms in total. The van der Waals surface area contributed by atoms with Crippen LogP contribution in [0.25, 0.3) is 0 Å². The lowest BCUT2D eigenvalue weighted by atomic mass is 9.89. The molecule has 0 aromatic rings. The Labute approximate surface area is 79.6 Å². The van der Waals surface area contributed by atoms with Gasteiger partial charge in [-0.2, -0.15) is 10.5 Å². The van der Waals surface area contributed by atoms with Crippen LogP contribution in [-0.4, -0.2) is 22.5 Å². The van der Waals surface area contributed by atoms with Crippen molar-refractivity contribution in [1.82, 2.24) is 0 Å². The predicted molar refractivity (Wildman–Crippen MR) is 42.9 cm³/mol. The Morgan fingerprint density at radius 2 is 2.07 bits per heavy atom. The average Bonchev–Trinajstić information content (AvgIpc) is 2.27. The highest BCUT2D eigenvalue weighted by Crippen LogP contribution is 2.25. The molecule has 1 unspecified atom stereocenters. The fraction of sp³-hybridized carbons (Fsp3) is 0.500. The summed E-state index contributed by atoms with van der Waals surface area (Å²) in [6.45, 7) is 0. The van der Waals surface area contributed by atoms with Gasteiger partial charge in [-0.05, 0) is 19.3 Å². The molecule has 0 aromatic carbocycles. The van der Waals surface area contributed by atoms with Gasteiger partial charge >= 0.3 is 11.9 Å². The quantitative estimate of drug-likeness (QED) is 0.506. The molecule has 14 heavy (non-hydrogen) atoms. The van der Waals surface area contributed by atoms with E-state index in [1.165, 1.54) is 0 Å². The van der Waals surface area contributed by atoms with Gasteiger partial charge in [0.1, 0.15) is 0 Å². The molecule has 0 heterocycles. The fourth-order valence-corrected chi connectivity index (χ4v) is 1.41. The Balaban J connectivity index is 2.62. The Morgan fingerprint density at radius 1 is 1.36 bits per heavy atom. The highest BCUT2D eigenvalue weighted by molar-refractivity contribution is 5.89. The van der Waals surface area contributed by atoms with Crippen molar-refractivity contribution in [2.45, 2.75) is 19.3 Å². The van der Waals surface area contributed by atoms with E-state index in [9.17, 15) is 9.59 Å². The van der Waals surface area contributed by atoms with Gasteiger partial charge < -0.3 is 4.89 Å². The lowest BCUT2D eigenvalue weighted by molar-refractivity contribution is -0.239. The summed E-state index contributed by atoms with van der Waals surface area (Å²) in [5.74, 6) is -2.21. The zero-order chi connectivity index (χ0) is 10.6. The third-order valence-electron chi connectivity index (χ3n) is 2.14. The summed E-state index contributed by atoms with van der Waals surface area (Å²) < 4.78 is 0. The molecule has 0 fully saturated rings. The van der Waals surface area contributed by atoms with Gasteiger partial charge in [-0.3, -0.25) is 4.89 Å². The Hall–Kier alpha value is -1.40. The molecule has 1 atom stereocenters. The van der Waals surface area contributed by atoms with E-state index in [1.807, 2.05) is 0 Å². The molecule has 0 bridgehead atoms. The van der Waals surface area contributed by atoms with Gasteiger partial charge in [-0.1, -0.05) is 6.08 Å². The first-order valence-electron chi connectivity index (χ1n) is 4.09. The number of carbonyl (C=O) groups is 2. The molecule has 2 N–H and O–H groups in total. The third-order valence-corrected chi connectivity index (χ3v) is 2.14.